The van der Waals surface area contributed by atoms with Crippen molar-refractivity contribution in [2.24, 2.45) is 0 Å². The molecule has 1 fully saturated rings. The standard InChI is InChI=1S/C20H23N7O/c1-11(2)27-12(3)23-19-17(27)6-13(9-21-19)16-4-5-26-18(16)10-22-20(25-26)24-14-7-15(28)8-14/h4-6,9-11,14-15,28H,7-8H2,1-3H3,(H,24,25). The van der Waals surface area contributed by atoms with Crippen molar-refractivity contribution in [3.05, 3.63) is 36.5 Å². The Labute approximate surface area is 162 Å². The van der Waals surface area contributed by atoms with Crippen molar-refractivity contribution >= 4 is 22.6 Å². The number of fused-ring (bicyclic) bond motifs is 2. The Morgan fingerprint density at radius 2 is 2.00 bits per heavy atom. The van der Waals surface area contributed by atoms with E-state index in [-0.39, 0.29) is 12.1 Å². The third kappa shape index (κ3) is 2.72. The van der Waals surface area contributed by atoms with Crippen LogP contribution < -0.4 is 5.32 Å². The molecule has 1 aliphatic rings. The van der Waals surface area contributed by atoms with Crippen LogP contribution in [0.3, 0.4) is 0 Å². The van der Waals surface area contributed by atoms with Gasteiger partial charge in [0.25, 0.3) is 0 Å². The molecular formula is C20H23N7O. The number of imidazole rings is 1. The quantitative estimate of drug-likeness (QED) is 0.568. The molecule has 1 aliphatic carbocycles. The van der Waals surface area contributed by atoms with Crippen LogP contribution in [-0.4, -0.2) is 46.4 Å². The minimum atomic E-state index is -0.204. The SMILES string of the molecule is Cc1nc2ncc(-c3ccn4nc(NC5CC(O)C5)ncc34)cc2n1C(C)C. The first-order valence-corrected chi connectivity index (χ1v) is 9.63. The number of aliphatic hydroxyl groups is 1. The average molecular weight is 377 g/mol. The predicted octanol–water partition coefficient (Wildman–Crippen LogP) is 2.97. The van der Waals surface area contributed by atoms with Gasteiger partial charge in [-0.1, -0.05) is 0 Å². The van der Waals surface area contributed by atoms with Crippen molar-refractivity contribution in [2.45, 2.75) is 51.8 Å². The number of nitrogens with zero attached hydrogens (tertiary/aromatic N) is 6. The molecule has 4 aromatic rings. The van der Waals surface area contributed by atoms with Gasteiger partial charge in [-0.05, 0) is 45.7 Å². The van der Waals surface area contributed by atoms with Crippen molar-refractivity contribution < 1.29 is 5.11 Å². The molecule has 0 aliphatic heterocycles. The molecule has 0 saturated heterocycles. The van der Waals surface area contributed by atoms with Crippen LogP contribution in [0.15, 0.2) is 30.7 Å². The smallest absolute Gasteiger partial charge is 0.241 e. The van der Waals surface area contributed by atoms with Gasteiger partial charge in [0, 0.05) is 35.6 Å². The summed E-state index contributed by atoms with van der Waals surface area (Å²) >= 11 is 0. The zero-order valence-electron chi connectivity index (χ0n) is 16.2. The molecule has 0 aromatic carbocycles. The summed E-state index contributed by atoms with van der Waals surface area (Å²) < 4.78 is 4.03. The van der Waals surface area contributed by atoms with Crippen LogP contribution in [-0.2, 0) is 0 Å². The number of aryl methyl sites for hydroxylation is 1. The lowest BCUT2D eigenvalue weighted by Gasteiger charge is -2.31. The fourth-order valence-corrected chi connectivity index (χ4v) is 3.99. The van der Waals surface area contributed by atoms with E-state index in [2.05, 4.69) is 49.8 Å². The number of nitrogens with one attached hydrogen (secondary N) is 1. The Morgan fingerprint density at radius 1 is 1.18 bits per heavy atom. The van der Waals surface area contributed by atoms with Gasteiger partial charge in [0.15, 0.2) is 5.65 Å². The van der Waals surface area contributed by atoms with Crippen molar-refractivity contribution in [3.63, 3.8) is 0 Å². The number of anilines is 1. The number of rotatable bonds is 4. The third-order valence-corrected chi connectivity index (χ3v) is 5.41. The zero-order valence-corrected chi connectivity index (χ0v) is 16.2. The largest absolute Gasteiger partial charge is 0.393 e. The first-order chi connectivity index (χ1) is 13.5. The molecule has 28 heavy (non-hydrogen) atoms. The van der Waals surface area contributed by atoms with E-state index in [0.717, 1.165) is 46.5 Å². The molecule has 0 unspecified atom stereocenters. The number of hydrogen-bond acceptors (Lipinski definition) is 6. The highest BCUT2D eigenvalue weighted by molar-refractivity contribution is 5.85. The first kappa shape index (κ1) is 17.1. The van der Waals surface area contributed by atoms with E-state index >= 15 is 0 Å². The second-order valence-corrected chi connectivity index (χ2v) is 7.80. The van der Waals surface area contributed by atoms with E-state index in [9.17, 15) is 5.11 Å². The summed E-state index contributed by atoms with van der Waals surface area (Å²) in [5.41, 5.74) is 4.78. The second-order valence-electron chi connectivity index (χ2n) is 7.80. The van der Waals surface area contributed by atoms with E-state index in [1.54, 1.807) is 0 Å². The van der Waals surface area contributed by atoms with E-state index in [4.69, 9.17) is 0 Å². The van der Waals surface area contributed by atoms with Crippen LogP contribution in [0.2, 0.25) is 0 Å². The van der Waals surface area contributed by atoms with E-state index < -0.39 is 0 Å². The average Bonchev–Trinajstić information content (AvgIpc) is 3.19. The molecule has 0 amide bonds. The van der Waals surface area contributed by atoms with Gasteiger partial charge in [0.05, 0.1) is 23.3 Å². The maximum atomic E-state index is 9.43. The van der Waals surface area contributed by atoms with Crippen molar-refractivity contribution in [3.8, 4) is 11.1 Å². The molecule has 8 heteroatoms. The minimum absolute atomic E-state index is 0.204. The van der Waals surface area contributed by atoms with Crippen LogP contribution in [0.5, 0.6) is 0 Å². The highest BCUT2D eigenvalue weighted by Gasteiger charge is 2.27. The summed E-state index contributed by atoms with van der Waals surface area (Å²) in [6.07, 6.45) is 6.90. The molecule has 0 spiro atoms. The van der Waals surface area contributed by atoms with Gasteiger partial charge < -0.3 is 15.0 Å². The molecular weight excluding hydrogens is 354 g/mol. The highest BCUT2D eigenvalue weighted by atomic mass is 16.3. The minimum Gasteiger partial charge on any atom is -0.393 e. The van der Waals surface area contributed by atoms with Gasteiger partial charge in [-0.3, -0.25) is 0 Å². The van der Waals surface area contributed by atoms with Gasteiger partial charge in [0.2, 0.25) is 5.95 Å². The third-order valence-electron chi connectivity index (χ3n) is 5.41. The Kier molecular flexibility index (Phi) is 3.83. The van der Waals surface area contributed by atoms with Crippen LogP contribution in [0.1, 0.15) is 38.6 Å². The van der Waals surface area contributed by atoms with Crippen LogP contribution in [0.25, 0.3) is 27.8 Å². The summed E-state index contributed by atoms with van der Waals surface area (Å²) in [6.45, 7) is 6.31. The zero-order chi connectivity index (χ0) is 19.4. The molecule has 0 bridgehead atoms. The van der Waals surface area contributed by atoms with Crippen LogP contribution in [0, 0.1) is 6.92 Å². The molecule has 4 heterocycles. The molecule has 0 radical (unpaired) electrons. The Morgan fingerprint density at radius 3 is 2.75 bits per heavy atom. The van der Waals surface area contributed by atoms with Gasteiger partial charge in [-0.25, -0.2) is 19.5 Å². The Hall–Kier alpha value is -3.00. The number of hydrogen-bond donors (Lipinski definition) is 2. The Balaban J connectivity index is 1.53. The van der Waals surface area contributed by atoms with E-state index in [1.807, 2.05) is 36.1 Å². The summed E-state index contributed by atoms with van der Waals surface area (Å²) in [5, 5.41) is 17.3. The molecule has 144 valence electrons. The fraction of sp³-hybridized carbons (Fsp3) is 0.400. The molecule has 8 nitrogen and oxygen atoms in total. The van der Waals surface area contributed by atoms with Gasteiger partial charge in [0.1, 0.15) is 5.82 Å². The lowest BCUT2D eigenvalue weighted by atomic mass is 9.90. The van der Waals surface area contributed by atoms with Gasteiger partial charge in [-0.15, -0.1) is 5.10 Å². The highest BCUT2D eigenvalue weighted by Crippen LogP contribution is 2.29. The van der Waals surface area contributed by atoms with Gasteiger partial charge >= 0.3 is 0 Å². The lowest BCUT2D eigenvalue weighted by molar-refractivity contribution is 0.0833. The number of aliphatic hydroxyl groups excluding tert-OH is 1. The predicted molar refractivity (Wildman–Crippen MR) is 107 cm³/mol. The summed E-state index contributed by atoms with van der Waals surface area (Å²) in [7, 11) is 0. The molecule has 5 rings (SSSR count). The first-order valence-electron chi connectivity index (χ1n) is 9.63. The maximum Gasteiger partial charge on any atom is 0.241 e. The molecule has 4 aromatic heterocycles. The van der Waals surface area contributed by atoms with Crippen LogP contribution in [0.4, 0.5) is 5.95 Å². The van der Waals surface area contributed by atoms with Gasteiger partial charge in [-0.2, -0.15) is 0 Å². The van der Waals surface area contributed by atoms with Crippen molar-refractivity contribution in [1.82, 2.24) is 29.1 Å². The molecule has 2 N–H and O–H groups in total. The maximum absolute atomic E-state index is 9.43. The lowest BCUT2D eigenvalue weighted by Crippen LogP contribution is -2.39. The topological polar surface area (TPSA) is 93.2 Å². The molecule has 1 saturated carbocycles. The Bertz CT molecular complexity index is 1170. The molecule has 0 atom stereocenters. The van der Waals surface area contributed by atoms with Crippen molar-refractivity contribution in [2.75, 3.05) is 5.32 Å². The van der Waals surface area contributed by atoms with E-state index in [1.165, 1.54) is 0 Å². The van der Waals surface area contributed by atoms with Crippen LogP contribution >= 0.6 is 0 Å². The second kappa shape index (κ2) is 6.27. The normalized spacial score (nSPS) is 19.5. The van der Waals surface area contributed by atoms with Crippen molar-refractivity contribution in [1.29, 1.82) is 0 Å². The monoisotopic (exact) mass is 377 g/mol. The number of aromatic nitrogens is 6. The summed E-state index contributed by atoms with van der Waals surface area (Å²) in [4.78, 5) is 13.6. The number of pyridine rings is 1. The summed E-state index contributed by atoms with van der Waals surface area (Å²) in [5.74, 6) is 1.55. The summed E-state index contributed by atoms with van der Waals surface area (Å²) in [6, 6.07) is 4.73. The fourth-order valence-electron chi connectivity index (χ4n) is 3.99. The van der Waals surface area contributed by atoms with E-state index in [0.29, 0.717) is 12.0 Å².